The highest BCUT2D eigenvalue weighted by Crippen LogP contribution is 2.51. The summed E-state index contributed by atoms with van der Waals surface area (Å²) in [6.07, 6.45) is 0. The Morgan fingerprint density at radius 2 is 1.27 bits per heavy atom. The minimum Gasteiger partial charge on any atom is -0.454 e. The lowest BCUT2D eigenvalue weighted by Gasteiger charge is -2.12. The normalized spacial score (nSPS) is 12.3. The van der Waals surface area contributed by atoms with E-state index in [9.17, 15) is 0 Å². The van der Waals surface area contributed by atoms with E-state index < -0.39 is 0 Å². The van der Waals surface area contributed by atoms with Crippen molar-refractivity contribution in [1.29, 1.82) is 0 Å². The number of thiophene rings is 3. The molecule has 0 saturated carbocycles. The number of benzene rings is 2. The van der Waals surface area contributed by atoms with Gasteiger partial charge in [-0.3, -0.25) is 0 Å². The van der Waals surface area contributed by atoms with Crippen molar-refractivity contribution < 1.29 is 8.83 Å². The molecule has 6 heterocycles. The van der Waals surface area contributed by atoms with Crippen molar-refractivity contribution >= 4 is 154 Å². The van der Waals surface area contributed by atoms with Gasteiger partial charge in [0, 0.05) is 36.0 Å². The number of hydrogen-bond acceptors (Lipinski definition) is 5. The van der Waals surface area contributed by atoms with Gasteiger partial charge in [-0.15, -0.1) is 34.0 Å². The summed E-state index contributed by atoms with van der Waals surface area (Å²) in [6.45, 7) is 6.41. The number of aromatic nitrogens is 1. The van der Waals surface area contributed by atoms with E-state index in [0.29, 0.717) is 0 Å². The van der Waals surface area contributed by atoms with E-state index >= 15 is 0 Å². The van der Waals surface area contributed by atoms with E-state index in [1.807, 2.05) is 11.3 Å². The molecule has 2 aromatic carbocycles. The quantitative estimate of drug-likeness (QED) is 0.165. The molecule has 0 aliphatic rings. The highest BCUT2D eigenvalue weighted by Gasteiger charge is 2.26. The molecule has 10 heteroatoms. The lowest BCUT2D eigenvalue weighted by Crippen LogP contribution is -1.99. The summed E-state index contributed by atoms with van der Waals surface area (Å²) in [5.74, 6) is 0. The maximum Gasteiger partial charge on any atom is 0.160 e. The van der Waals surface area contributed by atoms with Gasteiger partial charge in [-0.25, -0.2) is 0 Å². The van der Waals surface area contributed by atoms with Gasteiger partial charge in [-0.2, -0.15) is 0 Å². The Morgan fingerprint density at radius 3 is 1.85 bits per heavy atom. The molecule has 8 rings (SSSR count). The molecular formula is C31H17Br2I2NO2S3. The molecule has 0 unspecified atom stereocenters. The van der Waals surface area contributed by atoms with Crippen molar-refractivity contribution in [3.63, 3.8) is 0 Å². The number of fused-ring (bicyclic) bond motifs is 6. The maximum atomic E-state index is 6.60. The standard InChI is InChI=1S/C31H17Br2I2NO2S3/c1-12-4-6-15(7-5-12)36-13(2)8-18(32)24(36)30-22(34)25-27(40-30)16-10-21-17(11-20(16)37-25)28-26(38-21)23(35)31(41-28)29-19(33)9-14(3)39-29/h4-11H,1-3H3. The number of halogens is 4. The van der Waals surface area contributed by atoms with E-state index in [4.69, 9.17) is 8.83 Å². The van der Waals surface area contributed by atoms with Gasteiger partial charge in [-0.05, 0) is 134 Å². The number of nitrogens with zero attached hydrogens (tertiary/aromatic N) is 1. The van der Waals surface area contributed by atoms with Crippen molar-refractivity contribution in [2.45, 2.75) is 20.8 Å². The topological polar surface area (TPSA) is 31.2 Å². The average molecular weight is 945 g/mol. The Bertz CT molecular complexity index is 2350. The molecule has 3 nitrogen and oxygen atoms in total. The van der Waals surface area contributed by atoms with Crippen LogP contribution in [0.3, 0.4) is 0 Å². The Kier molecular flexibility index (Phi) is 6.63. The molecule has 0 bridgehead atoms. The third kappa shape index (κ3) is 4.14. The average Bonchev–Trinajstić information content (AvgIpc) is 3.74. The van der Waals surface area contributed by atoms with Crippen LogP contribution < -0.4 is 0 Å². The van der Waals surface area contributed by atoms with Crippen molar-refractivity contribution in [3.05, 3.63) is 80.8 Å². The fraction of sp³-hybridized carbons (Fsp3) is 0.0968. The molecule has 204 valence electrons. The number of hydrogen-bond donors (Lipinski definition) is 0. The van der Waals surface area contributed by atoms with Crippen LogP contribution in [0.4, 0.5) is 0 Å². The van der Waals surface area contributed by atoms with E-state index in [1.165, 1.54) is 35.5 Å². The highest BCUT2D eigenvalue weighted by molar-refractivity contribution is 14.1. The smallest absolute Gasteiger partial charge is 0.160 e. The molecule has 0 atom stereocenters. The molecule has 0 fully saturated rings. The Balaban J connectivity index is 1.32. The van der Waals surface area contributed by atoms with Crippen LogP contribution in [0.2, 0.25) is 0 Å². The first-order chi connectivity index (χ1) is 19.7. The van der Waals surface area contributed by atoms with E-state index in [-0.39, 0.29) is 0 Å². The third-order valence-corrected chi connectivity index (χ3v) is 15.2. The molecule has 0 amide bonds. The zero-order valence-corrected chi connectivity index (χ0v) is 31.6. The Morgan fingerprint density at radius 1 is 0.683 bits per heavy atom. The van der Waals surface area contributed by atoms with Crippen LogP contribution in [0.25, 0.3) is 68.5 Å². The van der Waals surface area contributed by atoms with Crippen molar-refractivity contribution in [2.24, 2.45) is 0 Å². The third-order valence-electron chi connectivity index (χ3n) is 7.27. The molecule has 0 aliphatic carbocycles. The van der Waals surface area contributed by atoms with E-state index in [0.717, 1.165) is 65.3 Å². The Hall–Kier alpha value is -1.16. The van der Waals surface area contributed by atoms with Gasteiger partial charge in [0.15, 0.2) is 11.2 Å². The number of aryl methyl sites for hydroxylation is 3. The minimum atomic E-state index is 0.896. The molecular weight excluding hydrogens is 928 g/mol. The molecule has 0 radical (unpaired) electrons. The van der Waals surface area contributed by atoms with Crippen molar-refractivity contribution in [1.82, 2.24) is 4.57 Å². The van der Waals surface area contributed by atoms with Gasteiger partial charge in [0.25, 0.3) is 0 Å². The van der Waals surface area contributed by atoms with Gasteiger partial charge in [-0.1, -0.05) is 17.7 Å². The molecule has 0 saturated heterocycles. The lowest BCUT2D eigenvalue weighted by atomic mass is 10.2. The first-order valence-electron chi connectivity index (χ1n) is 12.6. The number of furan rings is 2. The van der Waals surface area contributed by atoms with E-state index in [2.05, 4.69) is 151 Å². The monoisotopic (exact) mass is 943 g/mol. The van der Waals surface area contributed by atoms with Crippen LogP contribution in [0.1, 0.15) is 16.1 Å². The van der Waals surface area contributed by atoms with Gasteiger partial charge in [0.1, 0.15) is 11.2 Å². The SMILES string of the molecule is Cc1ccc(-n2c(C)cc(Br)c2-c2sc3c(oc4cc5c(cc43)oc3c(I)c(-c4sc(C)cc4Br)sc35)c2I)cc1. The molecule has 41 heavy (non-hydrogen) atoms. The largest absolute Gasteiger partial charge is 0.454 e. The maximum absolute atomic E-state index is 6.60. The van der Waals surface area contributed by atoms with Gasteiger partial charge in [0.05, 0.1) is 36.9 Å². The minimum absolute atomic E-state index is 0.896. The second kappa shape index (κ2) is 9.93. The van der Waals surface area contributed by atoms with Crippen molar-refractivity contribution in [2.75, 3.05) is 0 Å². The summed E-state index contributed by atoms with van der Waals surface area (Å²) in [4.78, 5) is 4.99. The van der Waals surface area contributed by atoms with Crippen molar-refractivity contribution in [3.8, 4) is 26.0 Å². The van der Waals surface area contributed by atoms with Crippen LogP contribution in [-0.2, 0) is 0 Å². The first kappa shape index (κ1) is 27.4. The molecule has 0 spiro atoms. The first-order valence-corrected chi connectivity index (χ1v) is 18.8. The van der Waals surface area contributed by atoms with Crippen LogP contribution in [0, 0.1) is 27.9 Å². The molecule has 6 aromatic heterocycles. The molecule has 0 aliphatic heterocycles. The predicted octanol–water partition coefficient (Wildman–Crippen LogP) is 13.5. The zero-order chi connectivity index (χ0) is 28.3. The summed E-state index contributed by atoms with van der Waals surface area (Å²) < 4.78 is 22.3. The van der Waals surface area contributed by atoms with E-state index in [1.54, 1.807) is 22.7 Å². The highest BCUT2D eigenvalue weighted by atomic mass is 127. The van der Waals surface area contributed by atoms with Gasteiger partial charge >= 0.3 is 0 Å². The van der Waals surface area contributed by atoms with Crippen LogP contribution >= 0.6 is 111 Å². The van der Waals surface area contributed by atoms with Gasteiger partial charge < -0.3 is 13.4 Å². The summed E-state index contributed by atoms with van der Waals surface area (Å²) in [5, 5.41) is 2.20. The summed E-state index contributed by atoms with van der Waals surface area (Å²) in [7, 11) is 0. The summed E-state index contributed by atoms with van der Waals surface area (Å²) in [6, 6.07) is 17.4. The fourth-order valence-corrected chi connectivity index (χ4v) is 13.2. The second-order valence-corrected chi connectivity index (χ2v) is 17.2. The van der Waals surface area contributed by atoms with Crippen LogP contribution in [-0.4, -0.2) is 4.57 Å². The zero-order valence-electron chi connectivity index (χ0n) is 21.6. The summed E-state index contributed by atoms with van der Waals surface area (Å²) in [5.41, 5.74) is 8.42. The molecule has 8 aromatic rings. The second-order valence-electron chi connectivity index (χ2n) is 10.0. The Labute approximate surface area is 291 Å². The lowest BCUT2D eigenvalue weighted by molar-refractivity contribution is 0.662. The number of rotatable bonds is 3. The van der Waals surface area contributed by atoms with Gasteiger partial charge in [0.2, 0.25) is 0 Å². The van der Waals surface area contributed by atoms with Crippen LogP contribution in [0.5, 0.6) is 0 Å². The summed E-state index contributed by atoms with van der Waals surface area (Å²) >= 11 is 17.9. The predicted molar refractivity (Wildman–Crippen MR) is 200 cm³/mol. The van der Waals surface area contributed by atoms with Crippen LogP contribution in [0.15, 0.2) is 66.3 Å². The fourth-order valence-electron chi connectivity index (χ4n) is 5.40. The molecule has 0 N–H and O–H groups in total.